The first-order valence-electron chi connectivity index (χ1n) is 13.2. The highest BCUT2D eigenvalue weighted by Gasteiger charge is 2.34. The van der Waals surface area contributed by atoms with Crippen molar-refractivity contribution in [2.75, 3.05) is 31.6 Å². The number of anilines is 1. The van der Waals surface area contributed by atoms with Crippen molar-refractivity contribution >= 4 is 43.5 Å². The van der Waals surface area contributed by atoms with E-state index in [1.807, 2.05) is 31.2 Å². The quantitative estimate of drug-likeness (QED) is 0.248. The molecule has 0 fully saturated rings. The van der Waals surface area contributed by atoms with E-state index >= 15 is 0 Å². The number of methoxy groups -OCH3 is 2. The standard InChI is InChI=1S/C30H36BrN3O6S/c1-5-6-17-32-30(36)22(2)33(20-23-11-10-12-24(31)18-23)29(35)21-34(41(37,38)26-13-8-7-9-14-26)27-19-25(39-3)15-16-28(27)40-4/h7-16,18-19,22H,5-6,17,20-21H2,1-4H3,(H,32,36)/t22-/m0/s1. The zero-order valence-electron chi connectivity index (χ0n) is 23.7. The minimum absolute atomic E-state index is 0.00145. The molecule has 0 aliphatic carbocycles. The molecule has 0 aliphatic rings. The number of benzene rings is 3. The molecule has 11 heteroatoms. The molecule has 0 bridgehead atoms. The number of hydrogen-bond acceptors (Lipinski definition) is 6. The average molecular weight is 647 g/mol. The number of halogens is 1. The van der Waals surface area contributed by atoms with Crippen LogP contribution < -0.4 is 19.1 Å². The van der Waals surface area contributed by atoms with Crippen LogP contribution in [0.15, 0.2) is 82.2 Å². The molecule has 3 aromatic carbocycles. The van der Waals surface area contributed by atoms with E-state index in [1.165, 1.54) is 37.3 Å². The van der Waals surface area contributed by atoms with Gasteiger partial charge in [-0.15, -0.1) is 0 Å². The second-order valence-corrected chi connectivity index (χ2v) is 12.1. The third-order valence-electron chi connectivity index (χ3n) is 6.50. The van der Waals surface area contributed by atoms with Gasteiger partial charge in [0, 0.05) is 23.6 Å². The van der Waals surface area contributed by atoms with Crippen molar-refractivity contribution in [1.82, 2.24) is 10.2 Å². The Morgan fingerprint density at radius 3 is 2.34 bits per heavy atom. The molecule has 9 nitrogen and oxygen atoms in total. The summed E-state index contributed by atoms with van der Waals surface area (Å²) in [6, 6.07) is 19.1. The van der Waals surface area contributed by atoms with E-state index in [1.54, 1.807) is 37.3 Å². The smallest absolute Gasteiger partial charge is 0.264 e. The summed E-state index contributed by atoms with van der Waals surface area (Å²) in [7, 11) is -1.36. The predicted octanol–water partition coefficient (Wildman–Crippen LogP) is 5.00. The molecular weight excluding hydrogens is 610 g/mol. The number of sulfonamides is 1. The maximum Gasteiger partial charge on any atom is 0.264 e. The normalized spacial score (nSPS) is 11.8. The molecule has 41 heavy (non-hydrogen) atoms. The summed E-state index contributed by atoms with van der Waals surface area (Å²) in [5, 5.41) is 2.88. The highest BCUT2D eigenvalue weighted by molar-refractivity contribution is 9.10. The van der Waals surface area contributed by atoms with Crippen molar-refractivity contribution in [3.63, 3.8) is 0 Å². The second kappa shape index (κ2) is 14.9. The lowest BCUT2D eigenvalue weighted by molar-refractivity contribution is -0.139. The van der Waals surface area contributed by atoms with Gasteiger partial charge in [-0.05, 0) is 55.3 Å². The molecule has 3 aromatic rings. The maximum absolute atomic E-state index is 14.1. The van der Waals surface area contributed by atoms with Gasteiger partial charge in [0.05, 0.1) is 24.8 Å². The molecule has 0 heterocycles. The van der Waals surface area contributed by atoms with Gasteiger partial charge in [-0.2, -0.15) is 0 Å². The van der Waals surface area contributed by atoms with Gasteiger partial charge in [-0.1, -0.05) is 59.6 Å². The van der Waals surface area contributed by atoms with E-state index in [4.69, 9.17) is 9.47 Å². The molecule has 3 rings (SSSR count). The zero-order valence-corrected chi connectivity index (χ0v) is 26.1. The van der Waals surface area contributed by atoms with E-state index in [-0.39, 0.29) is 28.8 Å². The first-order chi connectivity index (χ1) is 19.6. The molecule has 220 valence electrons. The number of carbonyl (C=O) groups excluding carboxylic acids is 2. The number of nitrogens with one attached hydrogen (secondary N) is 1. The van der Waals surface area contributed by atoms with Crippen LogP contribution in [0.3, 0.4) is 0 Å². The minimum atomic E-state index is -4.24. The highest BCUT2D eigenvalue weighted by atomic mass is 79.9. The van der Waals surface area contributed by atoms with Crippen molar-refractivity contribution in [3.05, 3.63) is 82.8 Å². The maximum atomic E-state index is 14.1. The Morgan fingerprint density at radius 1 is 0.976 bits per heavy atom. The molecule has 0 spiro atoms. The van der Waals surface area contributed by atoms with Crippen LogP contribution in [0.25, 0.3) is 0 Å². The van der Waals surface area contributed by atoms with E-state index in [0.29, 0.717) is 12.3 Å². The summed E-state index contributed by atoms with van der Waals surface area (Å²) in [6.45, 7) is 3.65. The topological polar surface area (TPSA) is 105 Å². The number of ether oxygens (including phenoxy) is 2. The molecule has 0 aromatic heterocycles. The Morgan fingerprint density at radius 2 is 1.71 bits per heavy atom. The Kier molecular flexibility index (Phi) is 11.6. The molecule has 1 N–H and O–H groups in total. The molecule has 0 saturated carbocycles. The van der Waals surface area contributed by atoms with Crippen molar-refractivity contribution < 1.29 is 27.5 Å². The fourth-order valence-electron chi connectivity index (χ4n) is 4.18. The molecular formula is C30H36BrN3O6S. The summed E-state index contributed by atoms with van der Waals surface area (Å²) >= 11 is 3.45. The SMILES string of the molecule is CCCCNC(=O)[C@H](C)N(Cc1cccc(Br)c1)C(=O)CN(c1cc(OC)ccc1OC)S(=O)(=O)c1ccccc1. The largest absolute Gasteiger partial charge is 0.497 e. The molecule has 0 unspecified atom stereocenters. The minimum Gasteiger partial charge on any atom is -0.497 e. The first-order valence-corrected chi connectivity index (χ1v) is 15.5. The Balaban J connectivity index is 2.08. The fourth-order valence-corrected chi connectivity index (χ4v) is 6.06. The number of hydrogen-bond donors (Lipinski definition) is 1. The van der Waals surface area contributed by atoms with Crippen LogP contribution in [0, 0.1) is 0 Å². The van der Waals surface area contributed by atoms with Crippen LogP contribution in [0.1, 0.15) is 32.3 Å². The third kappa shape index (κ3) is 8.23. The van der Waals surface area contributed by atoms with Crippen molar-refractivity contribution in [2.45, 2.75) is 44.2 Å². The Bertz CT molecular complexity index is 1440. The fraction of sp³-hybridized carbons (Fsp3) is 0.333. The van der Waals surface area contributed by atoms with Gasteiger partial charge in [-0.25, -0.2) is 8.42 Å². The molecule has 0 radical (unpaired) electrons. The summed E-state index contributed by atoms with van der Waals surface area (Å²) < 4.78 is 40.7. The Labute approximate surface area is 250 Å². The summed E-state index contributed by atoms with van der Waals surface area (Å²) in [6.07, 6.45) is 1.71. The average Bonchev–Trinajstić information content (AvgIpc) is 2.98. The summed E-state index contributed by atoms with van der Waals surface area (Å²) in [5.41, 5.74) is 0.906. The van der Waals surface area contributed by atoms with E-state index in [9.17, 15) is 18.0 Å². The Hall–Kier alpha value is -3.57. The van der Waals surface area contributed by atoms with Crippen molar-refractivity contribution in [3.8, 4) is 11.5 Å². The van der Waals surface area contributed by atoms with Crippen LogP contribution in [0.4, 0.5) is 5.69 Å². The van der Waals surface area contributed by atoms with Crippen LogP contribution in [0.5, 0.6) is 11.5 Å². The number of nitrogens with zero attached hydrogens (tertiary/aromatic N) is 2. The highest BCUT2D eigenvalue weighted by Crippen LogP contribution is 2.36. The number of rotatable bonds is 14. The molecule has 1 atom stereocenters. The predicted molar refractivity (Wildman–Crippen MR) is 163 cm³/mol. The molecule has 2 amide bonds. The molecule has 0 aliphatic heterocycles. The number of carbonyl (C=O) groups is 2. The van der Waals surface area contributed by atoms with Gasteiger partial charge >= 0.3 is 0 Å². The van der Waals surface area contributed by atoms with Crippen LogP contribution >= 0.6 is 15.9 Å². The lowest BCUT2D eigenvalue weighted by Crippen LogP contribution is -2.51. The van der Waals surface area contributed by atoms with Gasteiger partial charge < -0.3 is 19.7 Å². The van der Waals surface area contributed by atoms with Crippen LogP contribution in [0.2, 0.25) is 0 Å². The van der Waals surface area contributed by atoms with E-state index in [0.717, 1.165) is 27.2 Å². The lowest BCUT2D eigenvalue weighted by Gasteiger charge is -2.32. The van der Waals surface area contributed by atoms with Crippen LogP contribution in [-0.4, -0.2) is 58.5 Å². The second-order valence-electron chi connectivity index (χ2n) is 9.33. The summed E-state index contributed by atoms with van der Waals surface area (Å²) in [5.74, 6) is -0.260. The number of amides is 2. The third-order valence-corrected chi connectivity index (χ3v) is 8.77. The van der Waals surface area contributed by atoms with Gasteiger partial charge in [0.25, 0.3) is 10.0 Å². The van der Waals surface area contributed by atoms with Gasteiger partial charge in [0.15, 0.2) is 0 Å². The van der Waals surface area contributed by atoms with Crippen molar-refractivity contribution in [1.29, 1.82) is 0 Å². The van der Waals surface area contributed by atoms with Gasteiger partial charge in [0.1, 0.15) is 24.1 Å². The lowest BCUT2D eigenvalue weighted by atomic mass is 10.1. The van der Waals surface area contributed by atoms with Crippen LogP contribution in [-0.2, 0) is 26.2 Å². The first kappa shape index (κ1) is 32.0. The van der Waals surface area contributed by atoms with Gasteiger partial charge in [0.2, 0.25) is 11.8 Å². The van der Waals surface area contributed by atoms with Crippen molar-refractivity contribution in [2.24, 2.45) is 0 Å². The van der Waals surface area contributed by atoms with E-state index in [2.05, 4.69) is 21.2 Å². The van der Waals surface area contributed by atoms with Gasteiger partial charge in [-0.3, -0.25) is 13.9 Å². The summed E-state index contributed by atoms with van der Waals surface area (Å²) in [4.78, 5) is 28.6. The van der Waals surface area contributed by atoms with E-state index < -0.39 is 28.5 Å². The molecule has 0 saturated heterocycles. The number of unbranched alkanes of at least 4 members (excludes halogenated alkanes) is 1. The zero-order chi connectivity index (χ0) is 30.0. The monoisotopic (exact) mass is 645 g/mol.